The highest BCUT2D eigenvalue weighted by Crippen LogP contribution is 2.16. The van der Waals surface area contributed by atoms with Gasteiger partial charge < -0.3 is 0 Å². The molecule has 0 saturated heterocycles. The van der Waals surface area contributed by atoms with Crippen molar-refractivity contribution in [2.24, 2.45) is 0 Å². The molecule has 0 radical (unpaired) electrons. The van der Waals surface area contributed by atoms with Crippen LogP contribution in [0.25, 0.3) is 0 Å². The molecule has 1 aromatic rings. The van der Waals surface area contributed by atoms with E-state index in [0.29, 0.717) is 0 Å². The molecule has 0 aliphatic rings. The van der Waals surface area contributed by atoms with Gasteiger partial charge in [-0.15, -0.1) is 0 Å². The first kappa shape index (κ1) is 15.2. The van der Waals surface area contributed by atoms with Gasteiger partial charge >= 0.3 is 0 Å². The lowest BCUT2D eigenvalue weighted by Gasteiger charge is -2.05. The Morgan fingerprint density at radius 3 is 2.17 bits per heavy atom. The summed E-state index contributed by atoms with van der Waals surface area (Å²) in [6, 6.07) is 5.72. The van der Waals surface area contributed by atoms with Gasteiger partial charge in [0.1, 0.15) is 5.82 Å². The van der Waals surface area contributed by atoms with Crippen LogP contribution in [0.1, 0.15) is 69.4 Å². The monoisotopic (exact) mass is 250 g/mol. The Balaban J connectivity index is 2.09. The Kier molecular flexibility index (Phi) is 7.71. The van der Waals surface area contributed by atoms with E-state index in [1.807, 2.05) is 25.1 Å². The second-order valence-corrected chi connectivity index (χ2v) is 5.27. The zero-order valence-electron chi connectivity index (χ0n) is 12.0. The number of aryl methyl sites for hydroxylation is 2. The fourth-order valence-corrected chi connectivity index (χ4v) is 2.35. The second-order valence-electron chi connectivity index (χ2n) is 5.27. The number of hydrogen-bond acceptors (Lipinski definition) is 0. The lowest BCUT2D eigenvalue weighted by atomic mass is 10.0. The lowest BCUT2D eigenvalue weighted by Crippen LogP contribution is -1.93. The van der Waals surface area contributed by atoms with E-state index in [0.717, 1.165) is 24.0 Å². The maximum absolute atomic E-state index is 13.7. The van der Waals surface area contributed by atoms with Crippen LogP contribution in [0.15, 0.2) is 18.2 Å². The van der Waals surface area contributed by atoms with Crippen molar-refractivity contribution in [3.05, 3.63) is 35.1 Å². The zero-order chi connectivity index (χ0) is 13.2. The van der Waals surface area contributed by atoms with Gasteiger partial charge in [0.15, 0.2) is 0 Å². The summed E-state index contributed by atoms with van der Waals surface area (Å²) in [5.74, 6) is 0.000413. The highest BCUT2D eigenvalue weighted by molar-refractivity contribution is 5.24. The quantitative estimate of drug-likeness (QED) is 0.485. The summed E-state index contributed by atoms with van der Waals surface area (Å²) in [5.41, 5.74) is 1.66. The number of hydrogen-bond donors (Lipinski definition) is 0. The molecule has 1 heteroatoms. The van der Waals surface area contributed by atoms with Crippen LogP contribution in [0.5, 0.6) is 0 Å². The van der Waals surface area contributed by atoms with Gasteiger partial charge in [0, 0.05) is 0 Å². The molecule has 0 aromatic heterocycles. The molecular formula is C17H27F. The summed E-state index contributed by atoms with van der Waals surface area (Å²) in [7, 11) is 0. The number of unbranched alkanes of at least 4 members (excludes halogenated alkanes) is 7. The fourth-order valence-electron chi connectivity index (χ4n) is 2.35. The summed E-state index contributed by atoms with van der Waals surface area (Å²) in [6.07, 6.45) is 11.3. The Morgan fingerprint density at radius 1 is 0.889 bits per heavy atom. The fraction of sp³-hybridized carbons (Fsp3) is 0.647. The highest BCUT2D eigenvalue weighted by Gasteiger charge is 2.03. The molecule has 18 heavy (non-hydrogen) atoms. The molecule has 102 valence electrons. The minimum absolute atomic E-state index is 0.000413. The van der Waals surface area contributed by atoms with Gasteiger partial charge in [-0.05, 0) is 30.9 Å². The van der Waals surface area contributed by atoms with Crippen LogP contribution < -0.4 is 0 Å². The first-order chi connectivity index (χ1) is 8.75. The first-order valence-corrected chi connectivity index (χ1v) is 7.49. The normalized spacial score (nSPS) is 10.8. The van der Waals surface area contributed by atoms with E-state index in [1.54, 1.807) is 0 Å². The van der Waals surface area contributed by atoms with Crippen molar-refractivity contribution in [1.82, 2.24) is 0 Å². The van der Waals surface area contributed by atoms with Crippen LogP contribution in [-0.2, 0) is 6.42 Å². The highest BCUT2D eigenvalue weighted by atomic mass is 19.1. The van der Waals surface area contributed by atoms with Crippen LogP contribution in [0.3, 0.4) is 0 Å². The third-order valence-corrected chi connectivity index (χ3v) is 3.57. The maximum Gasteiger partial charge on any atom is 0.129 e. The molecule has 1 aromatic carbocycles. The van der Waals surface area contributed by atoms with E-state index in [-0.39, 0.29) is 5.82 Å². The molecule has 1 rings (SSSR count). The van der Waals surface area contributed by atoms with Crippen LogP contribution >= 0.6 is 0 Å². The summed E-state index contributed by atoms with van der Waals surface area (Å²) in [5, 5.41) is 0. The summed E-state index contributed by atoms with van der Waals surface area (Å²) < 4.78 is 13.7. The SMILES string of the molecule is CCCCCCCCCCc1cccc(C)c1F. The van der Waals surface area contributed by atoms with E-state index >= 15 is 0 Å². The van der Waals surface area contributed by atoms with Crippen molar-refractivity contribution in [3.63, 3.8) is 0 Å². The third kappa shape index (κ3) is 5.66. The van der Waals surface area contributed by atoms with E-state index in [4.69, 9.17) is 0 Å². The van der Waals surface area contributed by atoms with E-state index in [1.165, 1.54) is 44.9 Å². The van der Waals surface area contributed by atoms with Gasteiger partial charge in [-0.2, -0.15) is 0 Å². The molecule has 0 fully saturated rings. The molecule has 0 saturated carbocycles. The average Bonchev–Trinajstić information content (AvgIpc) is 2.37. The van der Waals surface area contributed by atoms with E-state index < -0.39 is 0 Å². The maximum atomic E-state index is 13.7. The molecule has 0 amide bonds. The van der Waals surface area contributed by atoms with Crippen LogP contribution in [0, 0.1) is 12.7 Å². The van der Waals surface area contributed by atoms with Crippen LogP contribution in [0.2, 0.25) is 0 Å². The van der Waals surface area contributed by atoms with Crippen LogP contribution in [0.4, 0.5) is 4.39 Å². The van der Waals surface area contributed by atoms with Gasteiger partial charge in [-0.25, -0.2) is 4.39 Å². The predicted molar refractivity (Wildman–Crippen MR) is 77.5 cm³/mol. The molecule has 0 aliphatic heterocycles. The Bertz CT molecular complexity index is 330. The molecule has 0 N–H and O–H groups in total. The molecule has 0 atom stereocenters. The predicted octanol–water partition coefficient (Wildman–Crippen LogP) is 5.82. The van der Waals surface area contributed by atoms with Gasteiger partial charge in [0.25, 0.3) is 0 Å². The molecule has 0 nitrogen and oxygen atoms in total. The van der Waals surface area contributed by atoms with Gasteiger partial charge in [0.05, 0.1) is 0 Å². The second kappa shape index (κ2) is 9.13. The zero-order valence-corrected chi connectivity index (χ0v) is 12.0. The molecule has 0 spiro atoms. The standard InChI is InChI=1S/C17H27F/c1-3-4-5-6-7-8-9-10-13-16-14-11-12-15(2)17(16)18/h11-12,14H,3-10,13H2,1-2H3. The van der Waals surface area contributed by atoms with Gasteiger partial charge in [0.2, 0.25) is 0 Å². The van der Waals surface area contributed by atoms with Crippen molar-refractivity contribution >= 4 is 0 Å². The van der Waals surface area contributed by atoms with Crippen molar-refractivity contribution in [2.75, 3.05) is 0 Å². The minimum Gasteiger partial charge on any atom is -0.206 e. The Hall–Kier alpha value is -0.850. The topological polar surface area (TPSA) is 0 Å². The summed E-state index contributed by atoms with van der Waals surface area (Å²) in [6.45, 7) is 4.09. The summed E-state index contributed by atoms with van der Waals surface area (Å²) >= 11 is 0. The average molecular weight is 250 g/mol. The van der Waals surface area contributed by atoms with Crippen molar-refractivity contribution < 1.29 is 4.39 Å². The number of benzene rings is 1. The van der Waals surface area contributed by atoms with Crippen molar-refractivity contribution in [2.45, 2.75) is 71.6 Å². The Labute approximate surface area is 112 Å². The van der Waals surface area contributed by atoms with Crippen molar-refractivity contribution in [1.29, 1.82) is 0 Å². The van der Waals surface area contributed by atoms with Crippen LogP contribution in [-0.4, -0.2) is 0 Å². The lowest BCUT2D eigenvalue weighted by molar-refractivity contribution is 0.562. The van der Waals surface area contributed by atoms with Gasteiger partial charge in [-0.1, -0.05) is 70.1 Å². The summed E-state index contributed by atoms with van der Waals surface area (Å²) in [4.78, 5) is 0. The molecular weight excluding hydrogens is 223 g/mol. The molecule has 0 unspecified atom stereocenters. The third-order valence-electron chi connectivity index (χ3n) is 3.57. The largest absolute Gasteiger partial charge is 0.206 e. The van der Waals surface area contributed by atoms with E-state index in [9.17, 15) is 4.39 Å². The number of halogens is 1. The smallest absolute Gasteiger partial charge is 0.129 e. The van der Waals surface area contributed by atoms with Crippen molar-refractivity contribution in [3.8, 4) is 0 Å². The number of rotatable bonds is 9. The first-order valence-electron chi connectivity index (χ1n) is 7.49. The molecule has 0 heterocycles. The molecule has 0 bridgehead atoms. The Morgan fingerprint density at radius 2 is 1.50 bits per heavy atom. The molecule has 0 aliphatic carbocycles. The minimum atomic E-state index is 0.000413. The van der Waals surface area contributed by atoms with Gasteiger partial charge in [-0.3, -0.25) is 0 Å². The van der Waals surface area contributed by atoms with E-state index in [2.05, 4.69) is 6.92 Å².